The van der Waals surface area contributed by atoms with Crippen LogP contribution in [0.1, 0.15) is 45.4 Å². The van der Waals surface area contributed by atoms with Gasteiger partial charge in [-0.05, 0) is 50.8 Å². The summed E-state index contributed by atoms with van der Waals surface area (Å²) in [4.78, 5) is 4.90. The van der Waals surface area contributed by atoms with Crippen LogP contribution in [-0.4, -0.2) is 22.1 Å². The van der Waals surface area contributed by atoms with Gasteiger partial charge in [-0.1, -0.05) is 25.5 Å². The number of para-hydroxylation sites is 2. The molecule has 114 valence electrons. The molecule has 0 aliphatic heterocycles. The SMILES string of the molecule is CCCNC(Cc1nc2ccccc2n1CC)C1CCC1. The number of nitrogens with zero attached hydrogens (tertiary/aromatic N) is 2. The fraction of sp³-hybridized carbons (Fsp3) is 0.611. The zero-order valence-electron chi connectivity index (χ0n) is 13.3. The lowest BCUT2D eigenvalue weighted by Gasteiger charge is -2.34. The van der Waals surface area contributed by atoms with Crippen LogP contribution in [0.5, 0.6) is 0 Å². The molecule has 1 fully saturated rings. The van der Waals surface area contributed by atoms with Gasteiger partial charge in [0.15, 0.2) is 0 Å². The standard InChI is InChI=1S/C18H27N3/c1-3-12-19-16(14-8-7-9-14)13-18-20-15-10-5-6-11-17(15)21(18)4-2/h5-6,10-11,14,16,19H,3-4,7-9,12-13H2,1-2H3. The van der Waals surface area contributed by atoms with Crippen molar-refractivity contribution in [2.24, 2.45) is 5.92 Å². The van der Waals surface area contributed by atoms with Crippen molar-refractivity contribution in [3.8, 4) is 0 Å². The number of hydrogen-bond donors (Lipinski definition) is 1. The topological polar surface area (TPSA) is 29.9 Å². The van der Waals surface area contributed by atoms with E-state index in [1.54, 1.807) is 0 Å². The lowest BCUT2D eigenvalue weighted by molar-refractivity contribution is 0.224. The molecule has 0 saturated heterocycles. The van der Waals surface area contributed by atoms with Gasteiger partial charge in [0.1, 0.15) is 5.82 Å². The first-order valence-corrected chi connectivity index (χ1v) is 8.51. The van der Waals surface area contributed by atoms with E-state index in [0.29, 0.717) is 6.04 Å². The van der Waals surface area contributed by atoms with Crippen LogP contribution in [0.25, 0.3) is 11.0 Å². The molecule has 0 amide bonds. The van der Waals surface area contributed by atoms with E-state index >= 15 is 0 Å². The number of rotatable bonds is 7. The Morgan fingerprint density at radius 2 is 2.10 bits per heavy atom. The first-order chi connectivity index (χ1) is 10.3. The monoisotopic (exact) mass is 285 g/mol. The van der Waals surface area contributed by atoms with Gasteiger partial charge in [0, 0.05) is 19.0 Å². The van der Waals surface area contributed by atoms with E-state index in [1.807, 2.05) is 0 Å². The molecule has 3 nitrogen and oxygen atoms in total. The predicted octanol–water partition coefficient (Wildman–Crippen LogP) is 3.77. The molecule has 1 aromatic heterocycles. The van der Waals surface area contributed by atoms with E-state index in [2.05, 4.69) is 48.0 Å². The van der Waals surface area contributed by atoms with Gasteiger partial charge in [0.25, 0.3) is 0 Å². The summed E-state index contributed by atoms with van der Waals surface area (Å²) < 4.78 is 2.38. The first kappa shape index (κ1) is 14.6. The summed E-state index contributed by atoms with van der Waals surface area (Å²) in [5.74, 6) is 2.10. The molecular formula is C18H27N3. The summed E-state index contributed by atoms with van der Waals surface area (Å²) in [6.45, 7) is 6.58. The van der Waals surface area contributed by atoms with Crippen molar-refractivity contribution in [2.75, 3.05) is 6.54 Å². The maximum Gasteiger partial charge on any atom is 0.111 e. The van der Waals surface area contributed by atoms with Crippen molar-refractivity contribution in [1.82, 2.24) is 14.9 Å². The van der Waals surface area contributed by atoms with Crippen LogP contribution in [-0.2, 0) is 13.0 Å². The summed E-state index contributed by atoms with van der Waals surface area (Å²) >= 11 is 0. The molecule has 1 aliphatic carbocycles. The summed E-state index contributed by atoms with van der Waals surface area (Å²) in [5.41, 5.74) is 2.41. The van der Waals surface area contributed by atoms with Gasteiger partial charge in [0.2, 0.25) is 0 Å². The van der Waals surface area contributed by atoms with Crippen LogP contribution >= 0.6 is 0 Å². The molecule has 2 aromatic rings. The van der Waals surface area contributed by atoms with Crippen LogP contribution in [0.4, 0.5) is 0 Å². The van der Waals surface area contributed by atoms with Crippen molar-refractivity contribution in [3.05, 3.63) is 30.1 Å². The van der Waals surface area contributed by atoms with Gasteiger partial charge >= 0.3 is 0 Å². The molecule has 0 radical (unpaired) electrons. The van der Waals surface area contributed by atoms with Crippen molar-refractivity contribution in [2.45, 2.75) is 58.5 Å². The van der Waals surface area contributed by atoms with Crippen LogP contribution < -0.4 is 5.32 Å². The van der Waals surface area contributed by atoms with Crippen molar-refractivity contribution >= 4 is 11.0 Å². The highest BCUT2D eigenvalue weighted by atomic mass is 15.1. The van der Waals surface area contributed by atoms with Crippen molar-refractivity contribution < 1.29 is 0 Å². The van der Waals surface area contributed by atoms with E-state index in [9.17, 15) is 0 Å². The minimum atomic E-state index is 0.598. The molecule has 1 unspecified atom stereocenters. The second-order valence-electron chi connectivity index (χ2n) is 6.22. The Labute approximate surface area is 127 Å². The van der Waals surface area contributed by atoms with Gasteiger partial charge in [-0.2, -0.15) is 0 Å². The molecule has 0 bridgehead atoms. The summed E-state index contributed by atoms with van der Waals surface area (Å²) in [7, 11) is 0. The van der Waals surface area contributed by atoms with Crippen LogP contribution in [0.2, 0.25) is 0 Å². The van der Waals surface area contributed by atoms with Crippen LogP contribution in [0.15, 0.2) is 24.3 Å². The maximum atomic E-state index is 4.90. The van der Waals surface area contributed by atoms with Gasteiger partial charge in [-0.3, -0.25) is 0 Å². The van der Waals surface area contributed by atoms with E-state index in [-0.39, 0.29) is 0 Å². The highest BCUT2D eigenvalue weighted by Gasteiger charge is 2.28. The Kier molecular flexibility index (Phi) is 4.59. The lowest BCUT2D eigenvalue weighted by atomic mass is 9.78. The highest BCUT2D eigenvalue weighted by Crippen LogP contribution is 2.31. The van der Waals surface area contributed by atoms with E-state index in [4.69, 9.17) is 4.98 Å². The molecule has 0 spiro atoms. The third-order valence-corrected chi connectivity index (χ3v) is 4.83. The quantitative estimate of drug-likeness (QED) is 0.839. The minimum Gasteiger partial charge on any atom is -0.328 e. The number of aromatic nitrogens is 2. The van der Waals surface area contributed by atoms with E-state index < -0.39 is 0 Å². The second-order valence-corrected chi connectivity index (χ2v) is 6.22. The number of imidazole rings is 1. The fourth-order valence-corrected chi connectivity index (χ4v) is 3.41. The molecular weight excluding hydrogens is 258 g/mol. The molecule has 1 atom stereocenters. The third-order valence-electron chi connectivity index (χ3n) is 4.83. The van der Waals surface area contributed by atoms with Gasteiger partial charge in [-0.15, -0.1) is 0 Å². The summed E-state index contributed by atoms with van der Waals surface area (Å²) in [6.07, 6.45) is 6.43. The molecule has 1 aliphatic rings. The highest BCUT2D eigenvalue weighted by molar-refractivity contribution is 5.75. The molecule has 21 heavy (non-hydrogen) atoms. The lowest BCUT2D eigenvalue weighted by Crippen LogP contribution is -2.42. The fourth-order valence-electron chi connectivity index (χ4n) is 3.41. The van der Waals surface area contributed by atoms with Crippen molar-refractivity contribution in [3.63, 3.8) is 0 Å². The minimum absolute atomic E-state index is 0.598. The molecule has 3 rings (SSSR count). The first-order valence-electron chi connectivity index (χ1n) is 8.51. The summed E-state index contributed by atoms with van der Waals surface area (Å²) in [6, 6.07) is 9.10. The Hall–Kier alpha value is -1.35. The third kappa shape index (κ3) is 2.98. The molecule has 1 heterocycles. The Morgan fingerprint density at radius 3 is 2.76 bits per heavy atom. The summed E-state index contributed by atoms with van der Waals surface area (Å²) in [5, 5.41) is 3.76. The largest absolute Gasteiger partial charge is 0.328 e. The van der Waals surface area contributed by atoms with Gasteiger partial charge < -0.3 is 9.88 Å². The molecule has 1 N–H and O–H groups in total. The smallest absolute Gasteiger partial charge is 0.111 e. The van der Waals surface area contributed by atoms with E-state index in [0.717, 1.165) is 30.9 Å². The normalized spacial score (nSPS) is 17.0. The number of aryl methyl sites for hydroxylation is 1. The zero-order chi connectivity index (χ0) is 14.7. The second kappa shape index (κ2) is 6.61. The number of fused-ring (bicyclic) bond motifs is 1. The number of benzene rings is 1. The zero-order valence-corrected chi connectivity index (χ0v) is 13.3. The maximum absolute atomic E-state index is 4.90. The average molecular weight is 285 g/mol. The van der Waals surface area contributed by atoms with Crippen molar-refractivity contribution in [1.29, 1.82) is 0 Å². The van der Waals surface area contributed by atoms with Gasteiger partial charge in [-0.25, -0.2) is 4.98 Å². The molecule has 3 heteroatoms. The predicted molar refractivity (Wildman–Crippen MR) is 88.5 cm³/mol. The molecule has 1 aromatic carbocycles. The van der Waals surface area contributed by atoms with Crippen LogP contribution in [0, 0.1) is 5.92 Å². The Bertz CT molecular complexity index is 583. The van der Waals surface area contributed by atoms with E-state index in [1.165, 1.54) is 37.0 Å². The molecule has 1 saturated carbocycles. The average Bonchev–Trinajstić information content (AvgIpc) is 2.79. The number of hydrogen-bond acceptors (Lipinski definition) is 2. The Morgan fingerprint density at radius 1 is 1.29 bits per heavy atom. The van der Waals surface area contributed by atoms with Crippen LogP contribution in [0.3, 0.4) is 0 Å². The van der Waals surface area contributed by atoms with Gasteiger partial charge in [0.05, 0.1) is 11.0 Å². The number of nitrogens with one attached hydrogen (secondary N) is 1. The Balaban J connectivity index is 1.84.